The van der Waals surface area contributed by atoms with Crippen LogP contribution in [0.1, 0.15) is 26.3 Å². The van der Waals surface area contributed by atoms with Gasteiger partial charge in [-0.2, -0.15) is 4.99 Å². The number of benzene rings is 2. The molecule has 34 heavy (non-hydrogen) atoms. The number of sulfonamides is 1. The Morgan fingerprint density at radius 1 is 1.09 bits per heavy atom. The van der Waals surface area contributed by atoms with Crippen LogP contribution in [0.15, 0.2) is 57.2 Å². The van der Waals surface area contributed by atoms with Gasteiger partial charge in [-0.15, -0.1) is 0 Å². The lowest BCUT2D eigenvalue weighted by atomic mass is 10.1. The zero-order valence-corrected chi connectivity index (χ0v) is 21.5. The van der Waals surface area contributed by atoms with Crippen LogP contribution in [0.2, 0.25) is 0 Å². The highest BCUT2D eigenvalue weighted by Gasteiger charge is 2.19. The molecule has 0 aliphatic rings. The number of hydrogen-bond donors (Lipinski definition) is 1. The molecule has 1 aromatic heterocycles. The number of nitrogens with zero attached hydrogens (tertiary/aromatic N) is 2. The normalized spacial score (nSPS) is 13.1. The van der Waals surface area contributed by atoms with Crippen molar-refractivity contribution in [2.75, 3.05) is 13.2 Å². The van der Waals surface area contributed by atoms with Crippen LogP contribution in [0.3, 0.4) is 0 Å². The van der Waals surface area contributed by atoms with E-state index in [1.165, 1.54) is 35.6 Å². The van der Waals surface area contributed by atoms with E-state index in [2.05, 4.69) is 4.99 Å². The van der Waals surface area contributed by atoms with Crippen LogP contribution in [0.25, 0.3) is 10.2 Å². The molecule has 3 aromatic rings. The first-order valence-corrected chi connectivity index (χ1v) is 14.5. The molecule has 0 aliphatic carbocycles. The Bertz CT molecular complexity index is 1470. The standard InChI is InChI=1S/C22H27N3O6S3/c1-4-31-12-11-25-19-10-9-18(34(23,29)30)14-20(19)32-22(25)24-21(26)13-16-5-7-17(8-6-16)33(27,28)15(2)3/h5-10,14-15H,4,11-13H2,1-3H3,(H2,23,29,30). The van der Waals surface area contributed by atoms with Crippen LogP contribution in [-0.4, -0.2) is 45.8 Å². The van der Waals surface area contributed by atoms with E-state index in [0.29, 0.717) is 40.3 Å². The quantitative estimate of drug-likeness (QED) is 0.425. The molecule has 0 aliphatic heterocycles. The molecule has 0 bridgehead atoms. The highest BCUT2D eigenvalue weighted by molar-refractivity contribution is 7.92. The van der Waals surface area contributed by atoms with Crippen LogP contribution >= 0.6 is 11.3 Å². The topological polar surface area (TPSA) is 138 Å². The lowest BCUT2D eigenvalue weighted by Gasteiger charge is -2.08. The molecule has 0 radical (unpaired) electrons. The van der Waals surface area contributed by atoms with Crippen molar-refractivity contribution in [2.24, 2.45) is 10.1 Å². The lowest BCUT2D eigenvalue weighted by Crippen LogP contribution is -2.20. The Kier molecular flexibility index (Phi) is 8.09. The summed E-state index contributed by atoms with van der Waals surface area (Å²) in [5.41, 5.74) is 1.35. The van der Waals surface area contributed by atoms with Gasteiger partial charge in [0.25, 0.3) is 5.91 Å². The number of fused-ring (bicyclic) bond motifs is 1. The molecule has 3 rings (SSSR count). The number of rotatable bonds is 9. The van der Waals surface area contributed by atoms with Crippen molar-refractivity contribution < 1.29 is 26.4 Å². The molecule has 12 heteroatoms. The molecule has 0 atom stereocenters. The van der Waals surface area contributed by atoms with E-state index < -0.39 is 31.0 Å². The summed E-state index contributed by atoms with van der Waals surface area (Å²) in [6.45, 7) is 6.46. The Morgan fingerprint density at radius 3 is 2.32 bits per heavy atom. The van der Waals surface area contributed by atoms with Crippen LogP contribution in [0.4, 0.5) is 0 Å². The molecule has 0 unspecified atom stereocenters. The highest BCUT2D eigenvalue weighted by Crippen LogP contribution is 2.22. The van der Waals surface area contributed by atoms with Crippen LogP contribution in [0, 0.1) is 0 Å². The monoisotopic (exact) mass is 525 g/mol. The summed E-state index contributed by atoms with van der Waals surface area (Å²) in [5.74, 6) is -0.414. The summed E-state index contributed by atoms with van der Waals surface area (Å²) < 4.78 is 55.9. The van der Waals surface area contributed by atoms with E-state index in [1.807, 2.05) is 6.92 Å². The minimum absolute atomic E-state index is 0.00978. The van der Waals surface area contributed by atoms with Gasteiger partial charge in [-0.25, -0.2) is 22.0 Å². The first-order valence-electron chi connectivity index (χ1n) is 10.6. The van der Waals surface area contributed by atoms with Gasteiger partial charge in [0.2, 0.25) is 10.0 Å². The van der Waals surface area contributed by atoms with Gasteiger partial charge in [0, 0.05) is 13.2 Å². The van der Waals surface area contributed by atoms with Gasteiger partial charge in [0.1, 0.15) is 0 Å². The molecule has 0 fully saturated rings. The molecule has 0 saturated heterocycles. The molecule has 1 heterocycles. The Morgan fingerprint density at radius 2 is 1.74 bits per heavy atom. The second-order valence-electron chi connectivity index (χ2n) is 7.83. The van der Waals surface area contributed by atoms with E-state index in [4.69, 9.17) is 9.88 Å². The van der Waals surface area contributed by atoms with Crippen LogP contribution in [-0.2, 0) is 42.4 Å². The zero-order chi connectivity index (χ0) is 25.1. The van der Waals surface area contributed by atoms with Crippen LogP contribution < -0.4 is 9.94 Å². The third-order valence-corrected chi connectivity index (χ3v) is 9.22. The minimum Gasteiger partial charge on any atom is -0.380 e. The average Bonchev–Trinajstić information content (AvgIpc) is 3.09. The maximum Gasteiger partial charge on any atom is 0.252 e. The first kappa shape index (κ1) is 26.2. The van der Waals surface area contributed by atoms with Gasteiger partial charge >= 0.3 is 0 Å². The van der Waals surface area contributed by atoms with Crippen molar-refractivity contribution >= 4 is 47.3 Å². The molecule has 9 nitrogen and oxygen atoms in total. The van der Waals surface area contributed by atoms with Crippen LogP contribution in [0.5, 0.6) is 0 Å². The molecule has 1 amide bonds. The maximum absolute atomic E-state index is 12.7. The van der Waals surface area contributed by atoms with Gasteiger partial charge in [0.05, 0.1) is 38.3 Å². The second-order valence-corrected chi connectivity index (χ2v) is 12.9. The van der Waals surface area contributed by atoms with Gasteiger partial charge in [0.15, 0.2) is 14.6 Å². The fourth-order valence-corrected chi connectivity index (χ4v) is 6.01. The number of nitrogens with two attached hydrogens (primary N) is 1. The third-order valence-electron chi connectivity index (χ3n) is 5.09. The van der Waals surface area contributed by atoms with Crippen molar-refractivity contribution in [1.82, 2.24) is 4.57 Å². The average molecular weight is 526 g/mol. The minimum atomic E-state index is -3.87. The number of sulfone groups is 1. The summed E-state index contributed by atoms with van der Waals surface area (Å²) in [5, 5.41) is 4.71. The van der Waals surface area contributed by atoms with Crippen molar-refractivity contribution in [3.8, 4) is 0 Å². The van der Waals surface area contributed by atoms with Crippen molar-refractivity contribution in [3.63, 3.8) is 0 Å². The maximum atomic E-state index is 12.7. The summed E-state index contributed by atoms with van der Waals surface area (Å²) in [6, 6.07) is 10.7. The van der Waals surface area contributed by atoms with E-state index in [0.717, 1.165) is 0 Å². The summed E-state index contributed by atoms with van der Waals surface area (Å²) in [6.07, 6.45) is -0.00978. The summed E-state index contributed by atoms with van der Waals surface area (Å²) in [7, 11) is -7.26. The predicted molar refractivity (Wildman–Crippen MR) is 131 cm³/mol. The molecule has 184 valence electrons. The SMILES string of the molecule is CCOCCn1c(=NC(=O)Cc2ccc(S(=O)(=O)C(C)C)cc2)sc2cc(S(N)(=O)=O)ccc21. The number of carbonyl (C=O) groups is 1. The number of ether oxygens (including phenoxy) is 1. The number of amides is 1. The smallest absolute Gasteiger partial charge is 0.252 e. The summed E-state index contributed by atoms with van der Waals surface area (Å²) >= 11 is 1.18. The molecular formula is C22H27N3O6S3. The number of thiazole rings is 1. The molecule has 2 N–H and O–H groups in total. The Hall–Kier alpha value is -2.38. The fraction of sp³-hybridized carbons (Fsp3) is 0.364. The number of aromatic nitrogens is 1. The number of carbonyl (C=O) groups excluding carboxylic acids is 1. The van der Waals surface area contributed by atoms with Crippen molar-refractivity contribution in [3.05, 3.63) is 52.8 Å². The fourth-order valence-electron chi connectivity index (χ4n) is 3.22. The first-order chi connectivity index (χ1) is 15.9. The van der Waals surface area contributed by atoms with E-state index in [1.54, 1.807) is 36.6 Å². The Labute approximate surface area is 202 Å². The molecular weight excluding hydrogens is 498 g/mol. The summed E-state index contributed by atoms with van der Waals surface area (Å²) in [4.78, 5) is 17.6. The van der Waals surface area contributed by atoms with E-state index in [9.17, 15) is 21.6 Å². The lowest BCUT2D eigenvalue weighted by molar-refractivity contribution is -0.117. The Balaban J connectivity index is 1.94. The van der Waals surface area contributed by atoms with Crippen molar-refractivity contribution in [2.45, 2.75) is 48.8 Å². The second kappa shape index (κ2) is 10.5. The van der Waals surface area contributed by atoms with E-state index >= 15 is 0 Å². The van der Waals surface area contributed by atoms with Gasteiger partial charge in [-0.05, 0) is 56.7 Å². The van der Waals surface area contributed by atoms with Crippen molar-refractivity contribution in [1.29, 1.82) is 0 Å². The molecule has 2 aromatic carbocycles. The molecule has 0 spiro atoms. The third kappa shape index (κ3) is 5.99. The molecule has 0 saturated carbocycles. The van der Waals surface area contributed by atoms with Gasteiger partial charge in [-0.1, -0.05) is 23.5 Å². The zero-order valence-electron chi connectivity index (χ0n) is 19.1. The highest BCUT2D eigenvalue weighted by atomic mass is 32.2. The van der Waals surface area contributed by atoms with Gasteiger partial charge in [-0.3, -0.25) is 4.79 Å². The van der Waals surface area contributed by atoms with E-state index in [-0.39, 0.29) is 16.2 Å². The number of primary sulfonamides is 1. The predicted octanol–water partition coefficient (Wildman–Crippen LogP) is 2.24. The largest absolute Gasteiger partial charge is 0.380 e. The van der Waals surface area contributed by atoms with Gasteiger partial charge < -0.3 is 9.30 Å². The number of hydrogen-bond acceptors (Lipinski definition) is 7.